The number of rotatable bonds is 9. The molecule has 0 unspecified atom stereocenters. The monoisotopic (exact) mass is 550 g/mol. The molecule has 35 heavy (non-hydrogen) atoms. The Morgan fingerprint density at radius 2 is 1.66 bits per heavy atom. The van der Waals surface area contributed by atoms with Crippen LogP contribution >= 0.6 is 34.8 Å². The first-order valence-electron chi connectivity index (χ1n) is 11.1. The van der Waals surface area contributed by atoms with Crippen LogP contribution in [0, 0.1) is 0 Å². The first-order chi connectivity index (χ1) is 16.6. The third kappa shape index (κ3) is 6.17. The van der Waals surface area contributed by atoms with Gasteiger partial charge in [-0.25, -0.2) is 18.1 Å². The summed E-state index contributed by atoms with van der Waals surface area (Å²) in [6.07, 6.45) is 0. The molecule has 1 heterocycles. The van der Waals surface area contributed by atoms with Gasteiger partial charge in [-0.05, 0) is 42.0 Å². The Kier molecular flexibility index (Phi) is 8.06. The number of nitrogens with one attached hydrogen (secondary N) is 2. The molecular weight excluding hydrogens is 527 g/mol. The van der Waals surface area contributed by atoms with Gasteiger partial charge in [0.05, 0.1) is 26.0 Å². The average Bonchev–Trinajstić information content (AvgIpc) is 3.15. The van der Waals surface area contributed by atoms with Gasteiger partial charge < -0.3 is 9.88 Å². The highest BCUT2D eigenvalue weighted by molar-refractivity contribution is 7.89. The van der Waals surface area contributed by atoms with Gasteiger partial charge in [-0.1, -0.05) is 72.9 Å². The summed E-state index contributed by atoms with van der Waals surface area (Å²) < 4.78 is 30.5. The average molecular weight is 552 g/mol. The second kappa shape index (κ2) is 10.9. The number of fused-ring (bicyclic) bond motifs is 1. The van der Waals surface area contributed by atoms with Crippen LogP contribution in [-0.4, -0.2) is 37.1 Å². The van der Waals surface area contributed by atoms with Crippen LogP contribution in [0.1, 0.15) is 19.4 Å². The van der Waals surface area contributed by atoms with E-state index >= 15 is 0 Å². The van der Waals surface area contributed by atoms with E-state index in [1.54, 1.807) is 30.3 Å². The number of sulfonamides is 1. The minimum Gasteiger partial charge on any atom is -0.319 e. The van der Waals surface area contributed by atoms with Gasteiger partial charge in [-0.15, -0.1) is 0 Å². The number of aromatic nitrogens is 2. The molecule has 6 nitrogen and oxygen atoms in total. The van der Waals surface area contributed by atoms with Crippen molar-refractivity contribution in [2.75, 3.05) is 13.1 Å². The van der Waals surface area contributed by atoms with E-state index in [1.807, 2.05) is 48.7 Å². The van der Waals surface area contributed by atoms with E-state index in [0.717, 1.165) is 11.1 Å². The van der Waals surface area contributed by atoms with Crippen LogP contribution in [0.3, 0.4) is 0 Å². The highest BCUT2D eigenvalue weighted by Crippen LogP contribution is 2.32. The molecule has 0 spiro atoms. The molecule has 0 saturated carbocycles. The maximum atomic E-state index is 12.9. The molecule has 10 heteroatoms. The van der Waals surface area contributed by atoms with E-state index in [2.05, 4.69) is 10.0 Å². The van der Waals surface area contributed by atoms with Gasteiger partial charge in [-0.3, -0.25) is 0 Å². The molecule has 0 aliphatic carbocycles. The lowest BCUT2D eigenvalue weighted by Gasteiger charge is -2.12. The van der Waals surface area contributed by atoms with Crippen molar-refractivity contribution in [3.05, 3.63) is 81.3 Å². The van der Waals surface area contributed by atoms with Gasteiger partial charge >= 0.3 is 0 Å². The molecule has 0 saturated heterocycles. The maximum Gasteiger partial charge on any atom is 0.240 e. The molecule has 3 aromatic carbocycles. The minimum atomic E-state index is -3.69. The number of nitrogens with zero attached hydrogens (tertiary/aromatic N) is 2. The van der Waals surface area contributed by atoms with Crippen molar-refractivity contribution in [1.82, 2.24) is 19.6 Å². The van der Waals surface area contributed by atoms with E-state index < -0.39 is 10.0 Å². The number of hydrogen-bond acceptors (Lipinski definition) is 4. The van der Waals surface area contributed by atoms with Crippen LogP contribution in [0.15, 0.2) is 65.6 Å². The molecule has 4 aromatic rings. The zero-order valence-corrected chi connectivity index (χ0v) is 22.3. The van der Waals surface area contributed by atoms with Crippen LogP contribution < -0.4 is 10.0 Å². The van der Waals surface area contributed by atoms with Gasteiger partial charge in [0, 0.05) is 36.3 Å². The zero-order valence-electron chi connectivity index (χ0n) is 19.2. The van der Waals surface area contributed by atoms with E-state index in [1.165, 1.54) is 0 Å². The molecule has 0 amide bonds. The van der Waals surface area contributed by atoms with Crippen LogP contribution in [0.4, 0.5) is 0 Å². The van der Waals surface area contributed by atoms with E-state index in [0.29, 0.717) is 45.1 Å². The molecule has 0 atom stereocenters. The Bertz CT molecular complexity index is 1450. The highest BCUT2D eigenvalue weighted by atomic mass is 35.5. The summed E-state index contributed by atoms with van der Waals surface area (Å²) in [6, 6.07) is 18.0. The third-order valence-electron chi connectivity index (χ3n) is 5.42. The second-order valence-electron chi connectivity index (χ2n) is 8.44. The zero-order chi connectivity index (χ0) is 25.2. The van der Waals surface area contributed by atoms with Crippen molar-refractivity contribution in [2.24, 2.45) is 0 Å². The number of halogens is 3. The van der Waals surface area contributed by atoms with Crippen LogP contribution in [0.25, 0.3) is 22.4 Å². The van der Waals surface area contributed by atoms with Crippen LogP contribution in [-0.2, 0) is 16.6 Å². The molecule has 4 rings (SSSR count). The van der Waals surface area contributed by atoms with Crippen molar-refractivity contribution >= 4 is 55.9 Å². The van der Waals surface area contributed by atoms with Crippen LogP contribution in [0.5, 0.6) is 0 Å². The topological polar surface area (TPSA) is 76.0 Å². The summed E-state index contributed by atoms with van der Waals surface area (Å²) in [5, 5.41) is 4.66. The largest absolute Gasteiger partial charge is 0.319 e. The molecule has 0 bridgehead atoms. The van der Waals surface area contributed by atoms with Crippen molar-refractivity contribution in [2.45, 2.75) is 31.3 Å². The Labute approximate surface area is 220 Å². The molecular formula is C25H25Cl3N4O2S. The highest BCUT2D eigenvalue weighted by Gasteiger charge is 2.19. The summed E-state index contributed by atoms with van der Waals surface area (Å²) in [7, 11) is -3.69. The smallest absolute Gasteiger partial charge is 0.240 e. The fourth-order valence-corrected chi connectivity index (χ4v) is 5.22. The van der Waals surface area contributed by atoms with Crippen molar-refractivity contribution in [1.29, 1.82) is 0 Å². The van der Waals surface area contributed by atoms with Crippen molar-refractivity contribution in [3.8, 4) is 11.4 Å². The maximum absolute atomic E-state index is 12.9. The quantitative estimate of drug-likeness (QED) is 0.251. The Morgan fingerprint density at radius 1 is 0.943 bits per heavy atom. The van der Waals surface area contributed by atoms with Crippen LogP contribution in [0.2, 0.25) is 15.1 Å². The van der Waals surface area contributed by atoms with Gasteiger partial charge in [0.2, 0.25) is 10.0 Å². The van der Waals surface area contributed by atoms with Crippen molar-refractivity contribution < 1.29 is 8.42 Å². The minimum absolute atomic E-state index is 0.167. The molecule has 1 aromatic heterocycles. The number of imidazole rings is 1. The predicted octanol–water partition coefficient (Wildman–Crippen LogP) is 5.99. The van der Waals surface area contributed by atoms with Gasteiger partial charge in [0.15, 0.2) is 0 Å². The first-order valence-corrected chi connectivity index (χ1v) is 13.7. The normalized spacial score (nSPS) is 12.1. The molecule has 0 fully saturated rings. The Balaban J connectivity index is 1.74. The summed E-state index contributed by atoms with van der Waals surface area (Å²) in [5.74, 6) is 0.604. The Morgan fingerprint density at radius 3 is 2.37 bits per heavy atom. The molecule has 0 aliphatic heterocycles. The van der Waals surface area contributed by atoms with E-state index in [4.69, 9.17) is 39.8 Å². The fraction of sp³-hybridized carbons (Fsp3) is 0.240. The first kappa shape index (κ1) is 25.9. The molecule has 0 radical (unpaired) electrons. The predicted molar refractivity (Wildman–Crippen MR) is 144 cm³/mol. The lowest BCUT2D eigenvalue weighted by molar-refractivity contribution is 0.559. The van der Waals surface area contributed by atoms with E-state index in [9.17, 15) is 8.42 Å². The number of hydrogen-bond donors (Lipinski definition) is 2. The lowest BCUT2D eigenvalue weighted by Crippen LogP contribution is -2.34. The molecule has 184 valence electrons. The summed E-state index contributed by atoms with van der Waals surface area (Å²) in [6.45, 7) is 5.33. The van der Waals surface area contributed by atoms with Gasteiger partial charge in [0.1, 0.15) is 5.82 Å². The standard InChI is InChI=1S/C25H25Cl3N4O2S/c1-16(2)29-10-11-30-35(33,34)20-5-3-4-18(12-20)25-31-23-13-21(27)22(28)14-24(23)32(25)15-17-6-8-19(26)9-7-17/h3-9,12-14,16,29-30H,10-11,15H2,1-2H3. The van der Waals surface area contributed by atoms with E-state index in [-0.39, 0.29) is 17.5 Å². The van der Waals surface area contributed by atoms with Crippen molar-refractivity contribution in [3.63, 3.8) is 0 Å². The molecule has 2 N–H and O–H groups in total. The molecule has 0 aliphatic rings. The SMILES string of the molecule is CC(C)NCCNS(=O)(=O)c1cccc(-c2nc3cc(Cl)c(Cl)cc3n2Cc2ccc(Cl)cc2)c1. The summed E-state index contributed by atoms with van der Waals surface area (Å²) in [5.41, 5.74) is 3.11. The van der Waals surface area contributed by atoms with Gasteiger partial charge in [-0.2, -0.15) is 0 Å². The summed E-state index contributed by atoms with van der Waals surface area (Å²) >= 11 is 18.6. The Hall–Kier alpha value is -2.13. The fourth-order valence-electron chi connectivity index (χ4n) is 3.70. The van der Waals surface area contributed by atoms with Gasteiger partial charge in [0.25, 0.3) is 0 Å². The third-order valence-corrected chi connectivity index (χ3v) is 7.85. The second-order valence-corrected chi connectivity index (χ2v) is 11.5. The summed E-state index contributed by atoms with van der Waals surface area (Å²) in [4.78, 5) is 4.95. The lowest BCUT2D eigenvalue weighted by atomic mass is 10.2. The number of benzene rings is 3.